The van der Waals surface area contributed by atoms with Crippen LogP contribution in [0.5, 0.6) is 0 Å². The van der Waals surface area contributed by atoms with E-state index in [1.165, 1.54) is 0 Å². The van der Waals surface area contributed by atoms with Crippen molar-refractivity contribution in [1.29, 1.82) is 0 Å². The molecule has 1 amide bonds. The number of carbonyl (C=O) groups is 2. The summed E-state index contributed by atoms with van der Waals surface area (Å²) in [6.07, 6.45) is 3.06. The molecule has 0 unspecified atom stereocenters. The minimum atomic E-state index is -0.709. The van der Waals surface area contributed by atoms with E-state index in [0.717, 1.165) is 12.8 Å². The molecule has 114 valence electrons. The van der Waals surface area contributed by atoms with Gasteiger partial charge in [0.1, 0.15) is 5.15 Å². The van der Waals surface area contributed by atoms with Gasteiger partial charge in [0.05, 0.1) is 5.92 Å². The number of carbonyl (C=O) groups excluding carboxylic acids is 1. The Morgan fingerprint density at radius 1 is 1.33 bits per heavy atom. The number of aromatic nitrogens is 1. The second kappa shape index (κ2) is 6.89. The second-order valence-corrected chi connectivity index (χ2v) is 5.97. The molecule has 1 saturated carbocycles. The van der Waals surface area contributed by atoms with E-state index in [0.29, 0.717) is 41.7 Å². The number of amides is 1. The monoisotopic (exact) mass is 310 g/mol. The van der Waals surface area contributed by atoms with Gasteiger partial charge in [-0.25, -0.2) is 4.98 Å². The van der Waals surface area contributed by atoms with E-state index in [-0.39, 0.29) is 11.8 Å². The SMILES string of the molecule is Cc1cc(C(=O)NCC2CCC(C(=O)O)CC2)cc(Cl)n1. The minimum absolute atomic E-state index is 0.164. The zero-order valence-electron chi connectivity index (χ0n) is 11.9. The average Bonchev–Trinajstić information content (AvgIpc) is 2.44. The molecule has 0 aliphatic heterocycles. The maximum absolute atomic E-state index is 12.1. The summed E-state index contributed by atoms with van der Waals surface area (Å²) in [5.41, 5.74) is 1.21. The molecule has 1 aliphatic rings. The van der Waals surface area contributed by atoms with Crippen molar-refractivity contribution in [3.8, 4) is 0 Å². The molecule has 0 atom stereocenters. The summed E-state index contributed by atoms with van der Waals surface area (Å²) >= 11 is 5.84. The minimum Gasteiger partial charge on any atom is -0.481 e. The molecule has 6 heteroatoms. The first-order valence-corrected chi connectivity index (χ1v) is 7.48. The van der Waals surface area contributed by atoms with Crippen LogP contribution in [0, 0.1) is 18.8 Å². The molecule has 1 heterocycles. The van der Waals surface area contributed by atoms with Crippen LogP contribution in [0.4, 0.5) is 0 Å². The Kier molecular flexibility index (Phi) is 5.17. The lowest BCUT2D eigenvalue weighted by Gasteiger charge is -2.26. The van der Waals surface area contributed by atoms with Crippen molar-refractivity contribution < 1.29 is 14.7 Å². The van der Waals surface area contributed by atoms with Crippen molar-refractivity contribution in [2.24, 2.45) is 11.8 Å². The van der Waals surface area contributed by atoms with Crippen LogP contribution >= 0.6 is 11.6 Å². The van der Waals surface area contributed by atoms with Gasteiger partial charge < -0.3 is 10.4 Å². The Hall–Kier alpha value is -1.62. The number of hydrogen-bond acceptors (Lipinski definition) is 3. The zero-order valence-corrected chi connectivity index (χ0v) is 12.7. The fourth-order valence-corrected chi connectivity index (χ4v) is 2.96. The molecule has 1 aromatic heterocycles. The number of carboxylic acids is 1. The third-order valence-corrected chi connectivity index (χ3v) is 4.13. The van der Waals surface area contributed by atoms with Crippen molar-refractivity contribution in [2.45, 2.75) is 32.6 Å². The number of aryl methyl sites for hydroxylation is 1. The molecular weight excluding hydrogens is 292 g/mol. The van der Waals surface area contributed by atoms with Crippen LogP contribution in [-0.4, -0.2) is 28.5 Å². The Morgan fingerprint density at radius 2 is 2.00 bits per heavy atom. The average molecular weight is 311 g/mol. The molecular formula is C15H19ClN2O3. The lowest BCUT2D eigenvalue weighted by molar-refractivity contribution is -0.143. The third kappa shape index (κ3) is 4.43. The highest BCUT2D eigenvalue weighted by Crippen LogP contribution is 2.28. The summed E-state index contributed by atoms with van der Waals surface area (Å²) in [5, 5.41) is 12.2. The van der Waals surface area contributed by atoms with Gasteiger partial charge in [0, 0.05) is 17.8 Å². The van der Waals surface area contributed by atoms with Crippen LogP contribution in [0.1, 0.15) is 41.7 Å². The highest BCUT2D eigenvalue weighted by Gasteiger charge is 2.26. The van der Waals surface area contributed by atoms with Crippen molar-refractivity contribution in [3.63, 3.8) is 0 Å². The van der Waals surface area contributed by atoms with Gasteiger partial charge in [-0.15, -0.1) is 0 Å². The highest BCUT2D eigenvalue weighted by atomic mass is 35.5. The van der Waals surface area contributed by atoms with Gasteiger partial charge in [-0.05, 0) is 50.7 Å². The van der Waals surface area contributed by atoms with Crippen LogP contribution in [-0.2, 0) is 4.79 Å². The fourth-order valence-electron chi connectivity index (χ4n) is 2.71. The van der Waals surface area contributed by atoms with E-state index >= 15 is 0 Å². The Bertz CT molecular complexity index is 519. The maximum atomic E-state index is 12.1. The molecule has 21 heavy (non-hydrogen) atoms. The van der Waals surface area contributed by atoms with Gasteiger partial charge in [0.25, 0.3) is 5.91 Å². The topological polar surface area (TPSA) is 79.3 Å². The Morgan fingerprint density at radius 3 is 2.57 bits per heavy atom. The van der Waals surface area contributed by atoms with Crippen LogP contribution in [0.3, 0.4) is 0 Å². The first-order chi connectivity index (χ1) is 9.95. The van der Waals surface area contributed by atoms with Gasteiger partial charge in [0.15, 0.2) is 0 Å². The summed E-state index contributed by atoms with van der Waals surface area (Å²) in [7, 11) is 0. The largest absolute Gasteiger partial charge is 0.481 e. The number of aliphatic carboxylic acids is 1. The lowest BCUT2D eigenvalue weighted by Crippen LogP contribution is -2.32. The number of halogens is 1. The summed E-state index contributed by atoms with van der Waals surface area (Å²) in [6, 6.07) is 3.24. The van der Waals surface area contributed by atoms with E-state index < -0.39 is 5.97 Å². The Balaban J connectivity index is 1.83. The van der Waals surface area contributed by atoms with Gasteiger partial charge in [-0.3, -0.25) is 9.59 Å². The second-order valence-electron chi connectivity index (χ2n) is 5.59. The third-order valence-electron chi connectivity index (χ3n) is 3.93. The molecule has 0 saturated heterocycles. The van der Waals surface area contributed by atoms with Crippen molar-refractivity contribution >= 4 is 23.5 Å². The van der Waals surface area contributed by atoms with Gasteiger partial charge in [0.2, 0.25) is 0 Å². The first-order valence-electron chi connectivity index (χ1n) is 7.11. The predicted octanol–water partition coefficient (Wildman–Crippen LogP) is 2.66. The first kappa shape index (κ1) is 15.8. The van der Waals surface area contributed by atoms with Crippen molar-refractivity contribution in [1.82, 2.24) is 10.3 Å². The summed E-state index contributed by atoms with van der Waals surface area (Å²) in [5.74, 6) is -0.747. The smallest absolute Gasteiger partial charge is 0.306 e. The van der Waals surface area contributed by atoms with Crippen LogP contribution in [0.25, 0.3) is 0 Å². The maximum Gasteiger partial charge on any atom is 0.306 e. The van der Waals surface area contributed by atoms with E-state index in [1.54, 1.807) is 19.1 Å². The summed E-state index contributed by atoms with van der Waals surface area (Å²) in [6.45, 7) is 2.36. The highest BCUT2D eigenvalue weighted by molar-refractivity contribution is 6.29. The van der Waals surface area contributed by atoms with E-state index in [2.05, 4.69) is 10.3 Å². The molecule has 1 aromatic rings. The molecule has 5 nitrogen and oxygen atoms in total. The molecule has 0 radical (unpaired) electrons. The van der Waals surface area contributed by atoms with Gasteiger partial charge in [-0.2, -0.15) is 0 Å². The van der Waals surface area contributed by atoms with Crippen LogP contribution in [0.2, 0.25) is 5.15 Å². The normalized spacial score (nSPS) is 21.8. The molecule has 0 spiro atoms. The molecule has 0 bridgehead atoms. The van der Waals surface area contributed by atoms with Gasteiger partial charge in [-0.1, -0.05) is 11.6 Å². The van der Waals surface area contributed by atoms with E-state index in [9.17, 15) is 9.59 Å². The number of nitrogens with one attached hydrogen (secondary N) is 1. The van der Waals surface area contributed by atoms with Crippen LogP contribution < -0.4 is 5.32 Å². The lowest BCUT2D eigenvalue weighted by atomic mass is 9.82. The molecule has 0 aromatic carbocycles. The number of hydrogen-bond donors (Lipinski definition) is 2. The number of nitrogens with zero attached hydrogens (tertiary/aromatic N) is 1. The van der Waals surface area contributed by atoms with Crippen molar-refractivity contribution in [3.05, 3.63) is 28.5 Å². The number of carboxylic acid groups (broad SMARTS) is 1. The molecule has 1 fully saturated rings. The van der Waals surface area contributed by atoms with Crippen LogP contribution in [0.15, 0.2) is 12.1 Å². The Labute approximate surface area is 128 Å². The van der Waals surface area contributed by atoms with E-state index in [4.69, 9.17) is 16.7 Å². The quantitative estimate of drug-likeness (QED) is 0.838. The standard InChI is InChI=1S/C15H19ClN2O3/c1-9-6-12(7-13(16)18-9)14(19)17-8-10-2-4-11(5-3-10)15(20)21/h6-7,10-11H,2-5,8H2,1H3,(H,17,19)(H,20,21). The number of rotatable bonds is 4. The fraction of sp³-hybridized carbons (Fsp3) is 0.533. The summed E-state index contributed by atoms with van der Waals surface area (Å²) < 4.78 is 0. The van der Waals surface area contributed by atoms with E-state index in [1.807, 2.05) is 0 Å². The summed E-state index contributed by atoms with van der Waals surface area (Å²) in [4.78, 5) is 27.0. The number of pyridine rings is 1. The molecule has 2 rings (SSSR count). The molecule has 1 aliphatic carbocycles. The van der Waals surface area contributed by atoms with Gasteiger partial charge >= 0.3 is 5.97 Å². The predicted molar refractivity (Wildman–Crippen MR) is 79.4 cm³/mol. The van der Waals surface area contributed by atoms with Crippen molar-refractivity contribution in [2.75, 3.05) is 6.54 Å². The zero-order chi connectivity index (χ0) is 15.4. The molecule has 2 N–H and O–H groups in total.